The Morgan fingerprint density at radius 2 is 1.56 bits per heavy atom. The number of allylic oxidation sites excluding steroid dienone is 4. The molecule has 1 amide bonds. The summed E-state index contributed by atoms with van der Waals surface area (Å²) in [6, 6.07) is -1.18. The zero-order valence-electron chi connectivity index (χ0n) is 51.5. The van der Waals surface area contributed by atoms with E-state index in [9.17, 15) is 50.1 Å². The summed E-state index contributed by atoms with van der Waals surface area (Å²) in [7, 11) is 5.19. The second-order valence-electron chi connectivity index (χ2n) is 27.6. The van der Waals surface area contributed by atoms with Gasteiger partial charge in [0.15, 0.2) is 24.0 Å². The molecule has 19 nitrogen and oxygen atoms in total. The molecule has 0 radical (unpaired) electrons. The molecule has 4 aliphatic carbocycles. The van der Waals surface area contributed by atoms with Crippen LogP contribution >= 0.6 is 11.6 Å². The van der Waals surface area contributed by atoms with Crippen molar-refractivity contribution < 1.29 is 82.9 Å². The topological polar surface area (TPSA) is 267 Å². The minimum Gasteiger partial charge on any atom is -0.459 e. The molecule has 3 heterocycles. The van der Waals surface area contributed by atoms with Crippen LogP contribution in [0.15, 0.2) is 23.8 Å². The number of esters is 1. The van der Waals surface area contributed by atoms with Crippen molar-refractivity contribution in [3.63, 3.8) is 0 Å². The van der Waals surface area contributed by atoms with E-state index in [0.29, 0.717) is 12.8 Å². The molecule has 470 valence electrons. The van der Waals surface area contributed by atoms with Gasteiger partial charge in [-0.05, 0) is 149 Å². The van der Waals surface area contributed by atoms with Crippen molar-refractivity contribution in [2.45, 2.75) is 254 Å². The molecule has 3 aliphatic heterocycles. The number of nitrogens with one attached hydrogen (secondary N) is 1. The van der Waals surface area contributed by atoms with Crippen LogP contribution in [-0.4, -0.2) is 217 Å². The van der Waals surface area contributed by atoms with Crippen LogP contribution in [0.1, 0.15) is 141 Å². The normalized spacial score (nSPS) is 50.8. The highest BCUT2D eigenvalue weighted by molar-refractivity contribution is 6.26. The average molecular weight is 1190 g/mol. The smallest absolute Gasteiger partial charge is 0.311 e. The lowest BCUT2D eigenvalue weighted by Gasteiger charge is -2.64. The summed E-state index contributed by atoms with van der Waals surface area (Å²) in [5.74, 6) is -5.90. The van der Waals surface area contributed by atoms with Crippen molar-refractivity contribution in [3.8, 4) is 0 Å². The van der Waals surface area contributed by atoms with Gasteiger partial charge in [0.1, 0.15) is 36.2 Å². The van der Waals surface area contributed by atoms with Crippen LogP contribution in [0.4, 0.5) is 4.39 Å². The van der Waals surface area contributed by atoms with E-state index in [0.717, 1.165) is 0 Å². The summed E-state index contributed by atoms with van der Waals surface area (Å²) in [5.41, 5.74) is -9.06. The van der Waals surface area contributed by atoms with E-state index in [4.69, 9.17) is 40.0 Å². The van der Waals surface area contributed by atoms with E-state index in [-0.39, 0.29) is 87.6 Å². The Morgan fingerprint density at radius 3 is 2.18 bits per heavy atom. The van der Waals surface area contributed by atoms with Crippen molar-refractivity contribution >= 4 is 29.3 Å². The number of carbonyl (C=O) groups excluding carboxylic acids is 3. The molecule has 82 heavy (non-hydrogen) atoms. The molecule has 0 spiro atoms. The van der Waals surface area contributed by atoms with Crippen LogP contribution in [-0.2, 0) is 42.8 Å². The van der Waals surface area contributed by atoms with Crippen molar-refractivity contribution in [2.24, 2.45) is 46.3 Å². The van der Waals surface area contributed by atoms with Crippen molar-refractivity contribution in [3.05, 3.63) is 23.8 Å². The van der Waals surface area contributed by atoms with Gasteiger partial charge in [0.05, 0.1) is 52.5 Å². The van der Waals surface area contributed by atoms with Gasteiger partial charge in [0.2, 0.25) is 0 Å². The number of aliphatic hydroxyl groups is 7. The number of carbonyl (C=O) groups is 3. The number of likely N-dealkylation sites (N-methyl/N-ethyl adjacent to an activating group) is 1. The molecule has 6 fully saturated rings. The number of ether oxygens (including phenoxy) is 6. The largest absolute Gasteiger partial charge is 0.459 e. The summed E-state index contributed by atoms with van der Waals surface area (Å²) in [4.78, 5) is 44.3. The summed E-state index contributed by atoms with van der Waals surface area (Å²) >= 11 is 7.57. The number of aliphatic hydroxyl groups excluding tert-OH is 4. The molecule has 3 unspecified atom stereocenters. The Hall–Kier alpha value is -2.25. The van der Waals surface area contributed by atoms with Crippen LogP contribution in [0.2, 0.25) is 0 Å². The van der Waals surface area contributed by atoms with Crippen molar-refractivity contribution in [1.29, 1.82) is 0 Å². The Labute approximate surface area is 490 Å². The number of alkyl halides is 2. The lowest BCUT2D eigenvalue weighted by Crippen LogP contribution is -2.70. The fourth-order valence-electron chi connectivity index (χ4n) is 16.5. The zero-order valence-corrected chi connectivity index (χ0v) is 52.3. The summed E-state index contributed by atoms with van der Waals surface area (Å²) in [5, 5.41) is 88.7. The molecule has 0 aromatic heterocycles. The summed E-state index contributed by atoms with van der Waals surface area (Å²) in [6.07, 6.45) is -7.97. The number of nitrogens with zero attached hydrogens (tertiary/aromatic N) is 2. The number of amides is 1. The SMILES string of the molecule is CC[C@H]1OC(=O)[C@H](C)[C@@H](O[C@@H]2C[C@](C)(OC)[C@H](O)C(C)O2)[C@H](C)[C@@H](O[C@@H]2O[C@H](C)C[C@@H](N(C)C)[C@H]2O)[C@](C)(O)C[C@@H](C)CN(CCCNC(=O)[C@@]2(O)[C@H](C)CC3C4C[C@H](F)C5=CC(=O)C=C[C@]5(C)[C@@]4(Cl)[C@@H](O)C[C@@]32C)[C@H](C)[C@@H](O)[C@]1(C)O. The van der Waals surface area contributed by atoms with Crippen LogP contribution in [0.25, 0.3) is 0 Å². The van der Waals surface area contributed by atoms with Crippen molar-refractivity contribution in [1.82, 2.24) is 15.1 Å². The maximum Gasteiger partial charge on any atom is 0.311 e. The monoisotopic (exact) mass is 1190 g/mol. The highest BCUT2D eigenvalue weighted by Gasteiger charge is 2.76. The predicted molar refractivity (Wildman–Crippen MR) is 304 cm³/mol. The fraction of sp³-hybridized carbons (Fsp3) is 0.885. The zero-order chi connectivity index (χ0) is 61.4. The first-order valence-corrected chi connectivity index (χ1v) is 30.5. The van der Waals surface area contributed by atoms with Crippen LogP contribution in [0.3, 0.4) is 0 Å². The molecular weight excluding hydrogens is 1090 g/mol. The molecule has 21 heteroatoms. The second-order valence-corrected chi connectivity index (χ2v) is 28.2. The van der Waals surface area contributed by atoms with Crippen LogP contribution < -0.4 is 5.32 Å². The minimum absolute atomic E-state index is 0.0548. The molecule has 8 N–H and O–H groups in total. The number of hydrogen-bond acceptors (Lipinski definition) is 18. The number of methoxy groups -OCH3 is 1. The number of ketones is 1. The first-order valence-electron chi connectivity index (χ1n) is 30.1. The molecule has 7 aliphatic rings. The maximum absolute atomic E-state index is 16.3. The van der Waals surface area contributed by atoms with Gasteiger partial charge < -0.3 is 74.4 Å². The van der Waals surface area contributed by atoms with E-state index in [1.165, 1.54) is 26.2 Å². The standard InChI is InChI=1S/C61H101ClFN3O16/c1-17-45-59(13,75)49(70)36(7)66(22-18-21-64-54(73)61(76)32(3)23-39-40-26-42(63)41-25-38(67)19-20-55(41,9)60(40,62)44(68)28-56(39,61)10)30-31(2)27-57(11,74)51(82-53-47(69)43(65(14)15)24-33(4)78-53)34(5)48(35(6)52(72)80-45)81-46-29-58(12,77-16)50(71)37(8)79-46/h19-20,25,31-37,39-40,42-51,53,68-71,74-76H,17-18,21-24,26-30H2,1-16H3,(H,64,73)/t31-,32-,33-,34+,35-,36-,37?,39?,40?,42+,43-,44+,45-,46-,47-,48+,49-,50-,51-,53+,55+,56+,57-,58+,59-,60+,61+/m1/s1. The van der Waals surface area contributed by atoms with E-state index in [1.54, 1.807) is 75.3 Å². The van der Waals surface area contributed by atoms with Gasteiger partial charge in [-0.15, -0.1) is 11.6 Å². The van der Waals surface area contributed by atoms with E-state index in [1.807, 2.05) is 37.7 Å². The first kappa shape index (κ1) is 67.3. The number of hydrogen-bond donors (Lipinski definition) is 8. The highest BCUT2D eigenvalue weighted by atomic mass is 35.5. The summed E-state index contributed by atoms with van der Waals surface area (Å²) in [6.45, 7) is 23.0. The van der Waals surface area contributed by atoms with Gasteiger partial charge >= 0.3 is 5.97 Å². The first-order chi connectivity index (χ1) is 37.9. The molecule has 0 aromatic rings. The molecule has 27 atom stereocenters. The molecule has 7 rings (SSSR count). The van der Waals surface area contributed by atoms with Crippen LogP contribution in [0, 0.1) is 46.3 Å². The Kier molecular flexibility index (Phi) is 20.3. The third-order valence-electron chi connectivity index (χ3n) is 21.5. The summed E-state index contributed by atoms with van der Waals surface area (Å²) < 4.78 is 54.5. The Morgan fingerprint density at radius 1 is 0.902 bits per heavy atom. The number of cyclic esters (lactones) is 1. The van der Waals surface area contributed by atoms with E-state index < -0.39 is 153 Å². The minimum atomic E-state index is -2.02. The average Bonchev–Trinajstić information content (AvgIpc) is 2.67. The van der Waals surface area contributed by atoms with E-state index >= 15 is 4.39 Å². The quantitative estimate of drug-likeness (QED) is 0.0767. The molecule has 0 bridgehead atoms. The number of rotatable bonds is 12. The third-order valence-corrected chi connectivity index (χ3v) is 22.4. The van der Waals surface area contributed by atoms with Gasteiger partial charge in [-0.1, -0.05) is 47.6 Å². The van der Waals surface area contributed by atoms with Crippen LogP contribution in [0.5, 0.6) is 0 Å². The molecule has 0 aromatic carbocycles. The number of halogens is 2. The Bertz CT molecular complexity index is 2350. The predicted octanol–water partition coefficient (Wildman–Crippen LogP) is 4.34. The second kappa shape index (κ2) is 24.7. The molecular formula is C61H101ClFN3O16. The van der Waals surface area contributed by atoms with Gasteiger partial charge in [0.25, 0.3) is 5.91 Å². The van der Waals surface area contributed by atoms with Gasteiger partial charge in [-0.25, -0.2) is 4.39 Å². The molecule has 3 saturated carbocycles. The van der Waals surface area contributed by atoms with Gasteiger partial charge in [-0.3, -0.25) is 19.3 Å². The maximum atomic E-state index is 16.3. The Balaban J connectivity index is 1.16. The van der Waals surface area contributed by atoms with E-state index in [2.05, 4.69) is 5.32 Å². The lowest BCUT2D eigenvalue weighted by atomic mass is 9.45. The highest BCUT2D eigenvalue weighted by Crippen LogP contribution is 2.71. The lowest BCUT2D eigenvalue weighted by molar-refractivity contribution is -0.318. The van der Waals surface area contributed by atoms with Gasteiger partial charge in [0, 0.05) is 62.0 Å². The van der Waals surface area contributed by atoms with Gasteiger partial charge in [-0.2, -0.15) is 0 Å². The fourth-order valence-corrected chi connectivity index (χ4v) is 17.0. The van der Waals surface area contributed by atoms with Crippen molar-refractivity contribution in [2.75, 3.05) is 40.8 Å². The molecule has 3 saturated heterocycles. The number of fused-ring (bicyclic) bond motifs is 5. The third kappa shape index (κ3) is 11.8.